The standard InChI is InChI=1S/C52H46O/c1-2-14-34-29-36(28-27-33(34)13-1)35-15-11-17-38(30-35)50-42-21-4-6-23-44(42)51(45-24-7-5-22-43(45)50)39-18-12-16-37(31-39)47-32-48-41-20-9-10-26-49(41)53-52(48)46-25-8-3-19-40(46)47/h3-6,8,10-12,15-19,21-23,25-31,42-44,48,50H,1-2,7,9,13-14,20,24,32H2. The van der Waals surface area contributed by atoms with Crippen LogP contribution in [0.2, 0.25) is 0 Å². The summed E-state index contributed by atoms with van der Waals surface area (Å²) in [5.41, 5.74) is 16.2. The number of allylic oxidation sites excluding steroid dienone is 10. The monoisotopic (exact) mass is 686 g/mol. The van der Waals surface area contributed by atoms with Crippen molar-refractivity contribution in [3.05, 3.63) is 195 Å². The molecular formula is C52H46O. The minimum absolute atomic E-state index is 0.335. The first-order valence-corrected chi connectivity index (χ1v) is 20.3. The van der Waals surface area contributed by atoms with Gasteiger partial charge in [0, 0.05) is 28.9 Å². The third-order valence-electron chi connectivity index (χ3n) is 13.5. The van der Waals surface area contributed by atoms with E-state index in [0.29, 0.717) is 29.6 Å². The van der Waals surface area contributed by atoms with Crippen LogP contribution in [0.4, 0.5) is 0 Å². The van der Waals surface area contributed by atoms with Crippen molar-refractivity contribution in [1.29, 1.82) is 0 Å². The molecule has 4 aromatic carbocycles. The number of hydrogen-bond donors (Lipinski definition) is 0. The van der Waals surface area contributed by atoms with Crippen molar-refractivity contribution in [2.45, 2.75) is 63.7 Å². The molecule has 7 aliphatic rings. The first kappa shape index (κ1) is 31.4. The van der Waals surface area contributed by atoms with Gasteiger partial charge in [0.15, 0.2) is 0 Å². The highest BCUT2D eigenvalue weighted by Gasteiger charge is 2.43. The number of hydrogen-bond acceptors (Lipinski definition) is 1. The summed E-state index contributed by atoms with van der Waals surface area (Å²) in [6, 6.07) is 35.4. The Hall–Kier alpha value is -5.14. The van der Waals surface area contributed by atoms with E-state index in [-0.39, 0.29) is 0 Å². The summed E-state index contributed by atoms with van der Waals surface area (Å²) in [6.07, 6.45) is 29.7. The highest BCUT2D eigenvalue weighted by atomic mass is 16.5. The van der Waals surface area contributed by atoms with Crippen molar-refractivity contribution < 1.29 is 4.74 Å². The zero-order valence-electron chi connectivity index (χ0n) is 30.4. The molecule has 0 fully saturated rings. The molecule has 260 valence electrons. The van der Waals surface area contributed by atoms with Crippen LogP contribution >= 0.6 is 0 Å². The van der Waals surface area contributed by atoms with Crippen LogP contribution < -0.4 is 10.4 Å². The Morgan fingerprint density at radius 3 is 2.32 bits per heavy atom. The second kappa shape index (κ2) is 12.8. The molecule has 6 aliphatic carbocycles. The van der Waals surface area contributed by atoms with Gasteiger partial charge < -0.3 is 4.74 Å². The van der Waals surface area contributed by atoms with E-state index in [4.69, 9.17) is 4.74 Å². The second-order valence-corrected chi connectivity index (χ2v) is 16.3. The molecule has 0 N–H and O–H groups in total. The summed E-state index contributed by atoms with van der Waals surface area (Å²) in [6.45, 7) is 0. The average Bonchev–Trinajstić information content (AvgIpc) is 3.61. The van der Waals surface area contributed by atoms with Gasteiger partial charge in [-0.3, -0.25) is 0 Å². The van der Waals surface area contributed by atoms with Crippen LogP contribution in [-0.2, 0) is 17.6 Å². The third kappa shape index (κ3) is 5.19. The van der Waals surface area contributed by atoms with Gasteiger partial charge in [0.25, 0.3) is 0 Å². The molecule has 0 spiro atoms. The second-order valence-electron chi connectivity index (χ2n) is 16.3. The fourth-order valence-electron chi connectivity index (χ4n) is 11.1. The van der Waals surface area contributed by atoms with Crippen LogP contribution in [0.15, 0.2) is 157 Å². The first-order valence-electron chi connectivity index (χ1n) is 20.3. The Morgan fingerprint density at radius 2 is 1.36 bits per heavy atom. The number of fused-ring (bicyclic) bond motifs is 6. The van der Waals surface area contributed by atoms with Gasteiger partial charge >= 0.3 is 0 Å². The Balaban J connectivity index is 1.01. The Morgan fingerprint density at radius 1 is 0.566 bits per heavy atom. The van der Waals surface area contributed by atoms with E-state index in [1.165, 1.54) is 75.1 Å². The van der Waals surface area contributed by atoms with E-state index in [1.54, 1.807) is 22.3 Å². The summed E-state index contributed by atoms with van der Waals surface area (Å²) in [5, 5.41) is 2.60. The van der Waals surface area contributed by atoms with Crippen molar-refractivity contribution in [1.82, 2.24) is 0 Å². The van der Waals surface area contributed by atoms with Gasteiger partial charge in [0.2, 0.25) is 0 Å². The molecule has 0 aromatic heterocycles. The fraction of sp³-hybridized carbons (Fsp3) is 0.269. The minimum atomic E-state index is 0.335. The molecule has 1 nitrogen and oxygen atoms in total. The summed E-state index contributed by atoms with van der Waals surface area (Å²) >= 11 is 0. The number of benzene rings is 4. The summed E-state index contributed by atoms with van der Waals surface area (Å²) < 4.78 is 6.59. The third-order valence-corrected chi connectivity index (χ3v) is 13.5. The topological polar surface area (TPSA) is 9.23 Å². The van der Waals surface area contributed by atoms with Gasteiger partial charge in [-0.2, -0.15) is 0 Å². The van der Waals surface area contributed by atoms with E-state index >= 15 is 0 Å². The fourth-order valence-corrected chi connectivity index (χ4v) is 11.1. The zero-order chi connectivity index (χ0) is 34.9. The Bertz CT molecular complexity index is 2490. The highest BCUT2D eigenvalue weighted by molar-refractivity contribution is 5.80. The largest absolute Gasteiger partial charge is 0.460 e. The lowest BCUT2D eigenvalue weighted by molar-refractivity contribution is 0.363. The molecule has 1 heterocycles. The van der Waals surface area contributed by atoms with Crippen molar-refractivity contribution in [3.8, 4) is 11.1 Å². The predicted molar refractivity (Wildman–Crippen MR) is 218 cm³/mol. The molecule has 0 radical (unpaired) electrons. The van der Waals surface area contributed by atoms with Gasteiger partial charge in [-0.1, -0.05) is 133 Å². The molecule has 0 saturated carbocycles. The minimum Gasteiger partial charge on any atom is -0.460 e. The van der Waals surface area contributed by atoms with E-state index in [2.05, 4.69) is 140 Å². The first-order chi connectivity index (χ1) is 26.3. The van der Waals surface area contributed by atoms with Crippen LogP contribution in [0, 0.1) is 23.7 Å². The summed E-state index contributed by atoms with van der Waals surface area (Å²) in [7, 11) is 0. The van der Waals surface area contributed by atoms with Gasteiger partial charge in [-0.15, -0.1) is 0 Å². The van der Waals surface area contributed by atoms with Crippen molar-refractivity contribution in [2.75, 3.05) is 0 Å². The van der Waals surface area contributed by atoms with Crippen molar-refractivity contribution in [3.63, 3.8) is 0 Å². The molecule has 1 aliphatic heterocycles. The lowest BCUT2D eigenvalue weighted by atomic mass is 9.58. The molecule has 0 bridgehead atoms. The van der Waals surface area contributed by atoms with Crippen LogP contribution in [0.3, 0.4) is 0 Å². The van der Waals surface area contributed by atoms with Crippen LogP contribution in [0.5, 0.6) is 0 Å². The predicted octanol–water partition coefficient (Wildman–Crippen LogP) is 11.1. The summed E-state index contributed by atoms with van der Waals surface area (Å²) in [4.78, 5) is 0. The smallest absolute Gasteiger partial charge is 0.126 e. The molecule has 5 unspecified atom stereocenters. The van der Waals surface area contributed by atoms with Crippen molar-refractivity contribution in [2.24, 2.45) is 23.7 Å². The zero-order valence-corrected chi connectivity index (χ0v) is 30.4. The van der Waals surface area contributed by atoms with E-state index in [1.807, 2.05) is 0 Å². The SMILES string of the molecule is C1=CC2C(c3cccc(C4=c5ccccc5=C5OC6=C(CCC=C6)C5C4)c3)=C3CCC=CC3C(c3cccc(-c4ccc5c(c4)CCCC5)c3)C2C=C1. The normalized spacial score (nSPS) is 26.4. The lowest BCUT2D eigenvalue weighted by Gasteiger charge is -2.46. The lowest BCUT2D eigenvalue weighted by Crippen LogP contribution is -2.35. The molecule has 11 rings (SSSR count). The van der Waals surface area contributed by atoms with Crippen LogP contribution in [-0.4, -0.2) is 0 Å². The average molecular weight is 687 g/mol. The molecule has 0 amide bonds. The number of ether oxygens (including phenoxy) is 1. The van der Waals surface area contributed by atoms with Gasteiger partial charge in [-0.05, 0) is 137 Å². The molecule has 5 atom stereocenters. The number of rotatable bonds is 4. The summed E-state index contributed by atoms with van der Waals surface area (Å²) in [5.74, 6) is 4.13. The molecular weight excluding hydrogens is 641 g/mol. The van der Waals surface area contributed by atoms with E-state index < -0.39 is 0 Å². The molecule has 0 saturated heterocycles. The van der Waals surface area contributed by atoms with Gasteiger partial charge in [0.1, 0.15) is 11.5 Å². The Labute approximate surface area is 313 Å². The quantitative estimate of drug-likeness (QED) is 0.194. The van der Waals surface area contributed by atoms with Gasteiger partial charge in [-0.25, -0.2) is 0 Å². The highest BCUT2D eigenvalue weighted by Crippen LogP contribution is 2.56. The number of aryl methyl sites for hydroxylation is 2. The maximum Gasteiger partial charge on any atom is 0.126 e. The van der Waals surface area contributed by atoms with Gasteiger partial charge in [0.05, 0.1) is 0 Å². The Kier molecular flexibility index (Phi) is 7.56. The maximum absolute atomic E-state index is 6.59. The van der Waals surface area contributed by atoms with E-state index in [9.17, 15) is 0 Å². The maximum atomic E-state index is 6.59. The van der Waals surface area contributed by atoms with Crippen LogP contribution in [0.1, 0.15) is 78.7 Å². The molecule has 1 heteroatoms. The van der Waals surface area contributed by atoms with E-state index in [0.717, 1.165) is 43.6 Å². The molecule has 53 heavy (non-hydrogen) atoms. The van der Waals surface area contributed by atoms with Crippen LogP contribution in [0.25, 0.3) is 28.0 Å². The molecule has 4 aromatic rings. The van der Waals surface area contributed by atoms with Crippen molar-refractivity contribution >= 4 is 16.9 Å².